The van der Waals surface area contributed by atoms with Crippen LogP contribution in [0.1, 0.15) is 44.8 Å². The van der Waals surface area contributed by atoms with E-state index < -0.39 is 0 Å². The summed E-state index contributed by atoms with van der Waals surface area (Å²) in [5.41, 5.74) is 7.10. The maximum absolute atomic E-state index is 6.08. The molecule has 1 heterocycles. The fraction of sp³-hybridized carbons (Fsp3) is 0.583. The van der Waals surface area contributed by atoms with Crippen LogP contribution >= 0.6 is 0 Å². The van der Waals surface area contributed by atoms with Crippen LogP contribution in [0.25, 0.3) is 0 Å². The second-order valence-electron chi connectivity index (χ2n) is 3.78. The number of hydrogen-bond donors (Lipinski definition) is 1. The molecule has 0 aromatic carbocycles. The molecule has 0 aliphatic rings. The van der Waals surface area contributed by atoms with Gasteiger partial charge in [0.05, 0.1) is 5.69 Å². The fourth-order valence-electron chi connectivity index (χ4n) is 1.70. The minimum absolute atomic E-state index is 0.0982. The lowest BCUT2D eigenvalue weighted by Crippen LogP contribution is -2.16. The van der Waals surface area contributed by atoms with Crippen LogP contribution in [0.3, 0.4) is 0 Å². The van der Waals surface area contributed by atoms with Crippen LogP contribution in [-0.2, 0) is 0 Å². The number of rotatable bonds is 5. The first-order chi connectivity index (χ1) is 6.77. The molecule has 1 atom stereocenters. The standard InChI is InChI=1S/C12H20N2/c1-3-10(4-2)9-11(13)12-7-5-6-8-14-12/h5-8,10-11H,3-4,9,13H2,1-2H3/t11-/m0/s1. The first-order valence-electron chi connectivity index (χ1n) is 5.44. The highest BCUT2D eigenvalue weighted by molar-refractivity contribution is 5.07. The van der Waals surface area contributed by atoms with Gasteiger partial charge in [0.1, 0.15) is 0 Å². The molecule has 0 aliphatic heterocycles. The second kappa shape index (κ2) is 5.76. The molecule has 14 heavy (non-hydrogen) atoms. The summed E-state index contributed by atoms with van der Waals surface area (Å²) in [6.45, 7) is 4.44. The van der Waals surface area contributed by atoms with Crippen molar-refractivity contribution in [3.05, 3.63) is 30.1 Å². The van der Waals surface area contributed by atoms with Gasteiger partial charge in [0.2, 0.25) is 0 Å². The van der Waals surface area contributed by atoms with Crippen LogP contribution in [0.5, 0.6) is 0 Å². The molecular formula is C12H20N2. The number of aromatic nitrogens is 1. The lowest BCUT2D eigenvalue weighted by Gasteiger charge is -2.17. The van der Waals surface area contributed by atoms with E-state index in [1.54, 1.807) is 0 Å². The number of hydrogen-bond acceptors (Lipinski definition) is 2. The molecule has 1 aromatic heterocycles. The second-order valence-corrected chi connectivity index (χ2v) is 3.78. The van der Waals surface area contributed by atoms with Crippen molar-refractivity contribution in [3.8, 4) is 0 Å². The van der Waals surface area contributed by atoms with E-state index in [9.17, 15) is 0 Å². The highest BCUT2D eigenvalue weighted by Crippen LogP contribution is 2.21. The van der Waals surface area contributed by atoms with Gasteiger partial charge >= 0.3 is 0 Å². The van der Waals surface area contributed by atoms with Gasteiger partial charge in [0.25, 0.3) is 0 Å². The number of nitrogens with two attached hydrogens (primary N) is 1. The Balaban J connectivity index is 2.54. The molecule has 2 nitrogen and oxygen atoms in total. The Kier molecular flexibility index (Phi) is 4.60. The molecule has 0 aliphatic carbocycles. The van der Waals surface area contributed by atoms with E-state index >= 15 is 0 Å². The summed E-state index contributed by atoms with van der Waals surface area (Å²) in [6.07, 6.45) is 5.26. The number of nitrogens with zero attached hydrogens (tertiary/aromatic N) is 1. The molecule has 1 rings (SSSR count). The topological polar surface area (TPSA) is 38.9 Å². The highest BCUT2D eigenvalue weighted by atomic mass is 14.8. The Morgan fingerprint density at radius 2 is 2.00 bits per heavy atom. The zero-order valence-electron chi connectivity index (χ0n) is 9.11. The van der Waals surface area contributed by atoms with Crippen molar-refractivity contribution in [3.63, 3.8) is 0 Å². The summed E-state index contributed by atoms with van der Waals surface area (Å²) in [5, 5.41) is 0. The Morgan fingerprint density at radius 1 is 1.29 bits per heavy atom. The van der Waals surface area contributed by atoms with Crippen molar-refractivity contribution in [2.45, 2.75) is 39.2 Å². The fourth-order valence-corrected chi connectivity index (χ4v) is 1.70. The summed E-state index contributed by atoms with van der Waals surface area (Å²) < 4.78 is 0. The molecule has 0 amide bonds. The molecular weight excluding hydrogens is 172 g/mol. The van der Waals surface area contributed by atoms with E-state index in [4.69, 9.17) is 5.73 Å². The third-order valence-electron chi connectivity index (χ3n) is 2.81. The summed E-state index contributed by atoms with van der Waals surface area (Å²) in [7, 11) is 0. The van der Waals surface area contributed by atoms with Crippen molar-refractivity contribution >= 4 is 0 Å². The van der Waals surface area contributed by atoms with Crippen LogP contribution in [0, 0.1) is 5.92 Å². The van der Waals surface area contributed by atoms with Crippen molar-refractivity contribution in [2.75, 3.05) is 0 Å². The predicted octanol–water partition coefficient (Wildman–Crippen LogP) is 2.91. The highest BCUT2D eigenvalue weighted by Gasteiger charge is 2.12. The van der Waals surface area contributed by atoms with Gasteiger partial charge in [-0.2, -0.15) is 0 Å². The van der Waals surface area contributed by atoms with E-state index in [1.807, 2.05) is 24.4 Å². The van der Waals surface area contributed by atoms with Crippen molar-refractivity contribution in [2.24, 2.45) is 11.7 Å². The normalized spacial score (nSPS) is 13.1. The first-order valence-corrected chi connectivity index (χ1v) is 5.44. The van der Waals surface area contributed by atoms with Crippen LogP contribution in [0.2, 0.25) is 0 Å². The molecule has 78 valence electrons. The predicted molar refractivity (Wildman–Crippen MR) is 59.9 cm³/mol. The van der Waals surface area contributed by atoms with Gasteiger partial charge in [0.15, 0.2) is 0 Å². The largest absolute Gasteiger partial charge is 0.323 e. The molecule has 0 unspecified atom stereocenters. The third-order valence-corrected chi connectivity index (χ3v) is 2.81. The summed E-state index contributed by atoms with van der Waals surface area (Å²) >= 11 is 0. The smallest absolute Gasteiger partial charge is 0.0571 e. The average Bonchev–Trinajstić information content (AvgIpc) is 2.26. The maximum Gasteiger partial charge on any atom is 0.0571 e. The van der Waals surface area contributed by atoms with Crippen molar-refractivity contribution < 1.29 is 0 Å². The third kappa shape index (κ3) is 3.11. The lowest BCUT2D eigenvalue weighted by molar-refractivity contribution is 0.411. The molecule has 0 fully saturated rings. The van der Waals surface area contributed by atoms with Gasteiger partial charge < -0.3 is 5.73 Å². The molecule has 1 aromatic rings. The summed E-state index contributed by atoms with van der Waals surface area (Å²) in [5.74, 6) is 0.729. The van der Waals surface area contributed by atoms with E-state index in [1.165, 1.54) is 12.8 Å². The molecule has 0 spiro atoms. The summed E-state index contributed by atoms with van der Waals surface area (Å²) in [4.78, 5) is 4.28. The maximum atomic E-state index is 6.08. The molecule has 2 heteroatoms. The zero-order chi connectivity index (χ0) is 10.4. The van der Waals surface area contributed by atoms with E-state index in [-0.39, 0.29) is 6.04 Å². The molecule has 0 bridgehead atoms. The zero-order valence-corrected chi connectivity index (χ0v) is 9.11. The number of pyridine rings is 1. The van der Waals surface area contributed by atoms with Crippen LogP contribution in [-0.4, -0.2) is 4.98 Å². The monoisotopic (exact) mass is 192 g/mol. The van der Waals surface area contributed by atoms with Crippen LogP contribution in [0.15, 0.2) is 24.4 Å². The molecule has 0 saturated heterocycles. The van der Waals surface area contributed by atoms with Gasteiger partial charge in [-0.05, 0) is 24.5 Å². The Labute approximate surface area is 86.5 Å². The minimum Gasteiger partial charge on any atom is -0.323 e. The Bertz CT molecular complexity index is 242. The van der Waals surface area contributed by atoms with Crippen LogP contribution in [0.4, 0.5) is 0 Å². The quantitative estimate of drug-likeness (QED) is 0.779. The van der Waals surface area contributed by atoms with Gasteiger partial charge in [-0.3, -0.25) is 4.98 Å². The van der Waals surface area contributed by atoms with Crippen molar-refractivity contribution in [1.29, 1.82) is 0 Å². The average molecular weight is 192 g/mol. The summed E-state index contributed by atoms with van der Waals surface area (Å²) in [6, 6.07) is 6.02. The Morgan fingerprint density at radius 3 is 2.50 bits per heavy atom. The molecule has 2 N–H and O–H groups in total. The van der Waals surface area contributed by atoms with E-state index in [0.717, 1.165) is 18.0 Å². The van der Waals surface area contributed by atoms with Gasteiger partial charge in [-0.15, -0.1) is 0 Å². The van der Waals surface area contributed by atoms with Gasteiger partial charge in [-0.25, -0.2) is 0 Å². The SMILES string of the molecule is CCC(CC)C[C@H](N)c1ccccn1. The first kappa shape index (κ1) is 11.2. The van der Waals surface area contributed by atoms with E-state index in [0.29, 0.717) is 0 Å². The van der Waals surface area contributed by atoms with E-state index in [2.05, 4.69) is 18.8 Å². The molecule has 0 radical (unpaired) electrons. The Hall–Kier alpha value is -0.890. The van der Waals surface area contributed by atoms with Crippen LogP contribution < -0.4 is 5.73 Å². The van der Waals surface area contributed by atoms with Gasteiger partial charge in [-0.1, -0.05) is 32.8 Å². The lowest BCUT2D eigenvalue weighted by atomic mass is 9.93. The minimum atomic E-state index is 0.0982. The van der Waals surface area contributed by atoms with Crippen molar-refractivity contribution in [1.82, 2.24) is 4.98 Å². The molecule has 0 saturated carbocycles. The van der Waals surface area contributed by atoms with Gasteiger partial charge in [0, 0.05) is 12.2 Å².